The van der Waals surface area contributed by atoms with Gasteiger partial charge in [0.05, 0.1) is 22.6 Å². The van der Waals surface area contributed by atoms with Gasteiger partial charge in [0.15, 0.2) is 0 Å². The van der Waals surface area contributed by atoms with E-state index in [1.165, 1.54) is 18.2 Å². The third kappa shape index (κ3) is 5.13. The highest BCUT2D eigenvalue weighted by Crippen LogP contribution is 2.25. The van der Waals surface area contributed by atoms with Crippen LogP contribution in [0.15, 0.2) is 23.1 Å². The first kappa shape index (κ1) is 22.5. The Labute approximate surface area is 180 Å². The van der Waals surface area contributed by atoms with Crippen LogP contribution >= 0.6 is 0 Å². The second-order valence-corrected chi connectivity index (χ2v) is 9.24. The van der Waals surface area contributed by atoms with Crippen molar-refractivity contribution in [3.63, 3.8) is 0 Å². The van der Waals surface area contributed by atoms with Crippen molar-refractivity contribution >= 4 is 21.8 Å². The van der Waals surface area contributed by atoms with Crippen LogP contribution < -0.4 is 14.8 Å². The van der Waals surface area contributed by atoms with Crippen LogP contribution in [0.2, 0.25) is 0 Å². The van der Waals surface area contributed by atoms with E-state index in [9.17, 15) is 28.5 Å². The Kier molecular flexibility index (Phi) is 6.78. The first-order valence-corrected chi connectivity index (χ1v) is 11.4. The Bertz CT molecular complexity index is 1060. The largest absolute Gasteiger partial charge is 0.491 e. The number of ether oxygens (including phenoxy) is 1. The molecule has 1 aromatic rings. The average molecular weight is 446 g/mol. The number of nitriles is 2. The van der Waals surface area contributed by atoms with Gasteiger partial charge in [-0.05, 0) is 37.8 Å². The molecule has 2 N–H and O–H groups in total. The van der Waals surface area contributed by atoms with Crippen LogP contribution in [0, 0.1) is 22.7 Å². The van der Waals surface area contributed by atoms with Crippen molar-refractivity contribution in [3.8, 4) is 17.9 Å². The van der Waals surface area contributed by atoms with Gasteiger partial charge in [0, 0.05) is 25.6 Å². The summed E-state index contributed by atoms with van der Waals surface area (Å²) < 4.78 is 32.0. The number of amides is 2. The fourth-order valence-corrected chi connectivity index (χ4v) is 4.84. The van der Waals surface area contributed by atoms with Crippen molar-refractivity contribution in [2.75, 3.05) is 13.2 Å². The van der Waals surface area contributed by atoms with Crippen molar-refractivity contribution in [1.82, 2.24) is 14.9 Å². The number of rotatable bonds is 6. The van der Waals surface area contributed by atoms with Crippen LogP contribution in [-0.4, -0.2) is 56.4 Å². The lowest BCUT2D eigenvalue weighted by Crippen LogP contribution is -2.47. The van der Waals surface area contributed by atoms with Crippen molar-refractivity contribution < 1.29 is 22.7 Å². The molecule has 0 bridgehead atoms. The Morgan fingerprint density at radius 1 is 1.29 bits per heavy atom. The van der Waals surface area contributed by atoms with E-state index in [0.29, 0.717) is 25.8 Å². The van der Waals surface area contributed by atoms with Gasteiger partial charge in [-0.2, -0.15) is 10.5 Å². The zero-order valence-electron chi connectivity index (χ0n) is 17.0. The van der Waals surface area contributed by atoms with E-state index >= 15 is 0 Å². The molecule has 0 unspecified atom stereocenters. The molecule has 0 aromatic heterocycles. The maximum atomic E-state index is 12.7. The van der Waals surface area contributed by atoms with Crippen LogP contribution in [0.25, 0.3) is 0 Å². The van der Waals surface area contributed by atoms with E-state index in [0.717, 1.165) is 13.3 Å². The molecule has 2 aliphatic rings. The second kappa shape index (κ2) is 9.33. The Morgan fingerprint density at radius 2 is 2.06 bits per heavy atom. The minimum atomic E-state index is -4.06. The smallest absolute Gasteiger partial charge is 0.264 e. The highest BCUT2D eigenvalue weighted by atomic mass is 32.2. The molecule has 164 valence electrons. The minimum absolute atomic E-state index is 0.0783. The summed E-state index contributed by atoms with van der Waals surface area (Å²) in [5, 5.41) is 21.7. The minimum Gasteiger partial charge on any atom is -0.491 e. The van der Waals surface area contributed by atoms with Gasteiger partial charge in [-0.1, -0.05) is 0 Å². The molecule has 2 amide bonds. The van der Waals surface area contributed by atoms with E-state index in [1.54, 1.807) is 4.90 Å². The summed E-state index contributed by atoms with van der Waals surface area (Å²) in [6, 6.07) is 6.90. The topological polar surface area (TPSA) is 152 Å². The summed E-state index contributed by atoms with van der Waals surface area (Å²) in [7, 11) is -4.06. The third-order valence-corrected chi connectivity index (χ3v) is 6.76. The van der Waals surface area contributed by atoms with E-state index in [4.69, 9.17) is 4.74 Å². The molecule has 2 aliphatic heterocycles. The zero-order chi connectivity index (χ0) is 22.6. The molecule has 2 fully saturated rings. The van der Waals surface area contributed by atoms with E-state index in [-0.39, 0.29) is 40.8 Å². The molecule has 0 saturated carbocycles. The number of nitrogens with zero attached hydrogens (tertiary/aromatic N) is 3. The standard InChI is InChI=1S/C20H23N5O5S/c1-13(26)24-31(28,29)17-6-4-14(10-21)19(9-17)30-12-15-5-7-18(23-15)20(27)25-8-2-3-16(25)11-22/h4,6,9,15-16,18,23H,2-3,5,7-8,12H2,1H3,(H,24,26)/t15-,16+,18+/m1/s1. The van der Waals surface area contributed by atoms with Gasteiger partial charge in [-0.25, -0.2) is 13.1 Å². The lowest BCUT2D eigenvalue weighted by molar-refractivity contribution is -0.133. The fraction of sp³-hybridized carbons (Fsp3) is 0.500. The molecule has 3 atom stereocenters. The first-order valence-electron chi connectivity index (χ1n) is 9.91. The summed E-state index contributed by atoms with van der Waals surface area (Å²) in [6.45, 7) is 1.80. The van der Waals surface area contributed by atoms with Gasteiger partial charge < -0.3 is 9.64 Å². The van der Waals surface area contributed by atoms with Gasteiger partial charge in [0.25, 0.3) is 10.0 Å². The molecule has 31 heavy (non-hydrogen) atoms. The monoisotopic (exact) mass is 445 g/mol. The number of carbonyl (C=O) groups excluding carboxylic acids is 2. The van der Waals surface area contributed by atoms with Crippen LogP contribution in [0.5, 0.6) is 5.75 Å². The second-order valence-electron chi connectivity index (χ2n) is 7.55. The van der Waals surface area contributed by atoms with E-state index in [2.05, 4.69) is 11.4 Å². The first-order chi connectivity index (χ1) is 14.7. The fourth-order valence-electron chi connectivity index (χ4n) is 3.83. The summed E-state index contributed by atoms with van der Waals surface area (Å²) in [4.78, 5) is 25.3. The Balaban J connectivity index is 1.64. The molecule has 3 rings (SSSR count). The van der Waals surface area contributed by atoms with Gasteiger partial charge in [-0.15, -0.1) is 0 Å². The molecule has 0 spiro atoms. The molecule has 10 nitrogen and oxygen atoms in total. The Hall–Kier alpha value is -3.15. The average Bonchev–Trinajstić information content (AvgIpc) is 3.40. The predicted molar refractivity (Wildman–Crippen MR) is 108 cm³/mol. The van der Waals surface area contributed by atoms with Gasteiger partial charge in [0.2, 0.25) is 11.8 Å². The number of nitrogens with one attached hydrogen (secondary N) is 2. The van der Waals surface area contributed by atoms with E-state index < -0.39 is 22.0 Å². The van der Waals surface area contributed by atoms with Crippen LogP contribution in [0.4, 0.5) is 0 Å². The lowest BCUT2D eigenvalue weighted by Gasteiger charge is -2.24. The molecule has 2 heterocycles. The summed E-state index contributed by atoms with van der Waals surface area (Å²) in [6.07, 6.45) is 2.77. The normalized spacial score (nSPS) is 23.1. The van der Waals surface area contributed by atoms with E-state index in [1.807, 2.05) is 10.8 Å². The third-order valence-electron chi connectivity index (χ3n) is 5.33. The number of carbonyl (C=O) groups is 2. The van der Waals surface area contributed by atoms with Crippen molar-refractivity contribution in [2.24, 2.45) is 0 Å². The van der Waals surface area contributed by atoms with Crippen molar-refractivity contribution in [3.05, 3.63) is 23.8 Å². The highest BCUT2D eigenvalue weighted by molar-refractivity contribution is 7.90. The molecular weight excluding hydrogens is 422 g/mol. The van der Waals surface area contributed by atoms with Crippen LogP contribution in [0.3, 0.4) is 0 Å². The molecule has 0 aliphatic carbocycles. The van der Waals surface area contributed by atoms with Crippen molar-refractivity contribution in [2.45, 2.75) is 55.6 Å². The predicted octanol–water partition coefficient (Wildman–Crippen LogP) is 0.397. The SMILES string of the molecule is CC(=O)NS(=O)(=O)c1ccc(C#N)c(OC[C@H]2CC[C@@H](C(=O)N3CCC[C@H]3C#N)N2)c1. The molecule has 0 radical (unpaired) electrons. The highest BCUT2D eigenvalue weighted by Gasteiger charge is 2.37. The number of benzene rings is 1. The lowest BCUT2D eigenvalue weighted by atomic mass is 10.1. The molecular formula is C20H23N5O5S. The molecule has 2 saturated heterocycles. The quantitative estimate of drug-likeness (QED) is 0.638. The van der Waals surface area contributed by atoms with Crippen LogP contribution in [-0.2, 0) is 19.6 Å². The maximum Gasteiger partial charge on any atom is 0.264 e. The Morgan fingerprint density at radius 3 is 2.74 bits per heavy atom. The van der Waals surface area contributed by atoms with Gasteiger partial charge in [-0.3, -0.25) is 14.9 Å². The summed E-state index contributed by atoms with van der Waals surface area (Å²) in [5.41, 5.74) is 0.154. The summed E-state index contributed by atoms with van der Waals surface area (Å²) in [5.74, 6) is -0.739. The van der Waals surface area contributed by atoms with Crippen molar-refractivity contribution in [1.29, 1.82) is 10.5 Å². The summed E-state index contributed by atoms with van der Waals surface area (Å²) >= 11 is 0. The number of likely N-dealkylation sites (tertiary alicyclic amines) is 1. The molecule has 1 aromatic carbocycles. The maximum absolute atomic E-state index is 12.7. The molecule has 11 heteroatoms. The number of hydrogen-bond donors (Lipinski definition) is 2. The number of sulfonamides is 1. The van der Waals surface area contributed by atoms with Gasteiger partial charge in [0.1, 0.15) is 24.5 Å². The van der Waals surface area contributed by atoms with Gasteiger partial charge >= 0.3 is 0 Å². The zero-order valence-corrected chi connectivity index (χ0v) is 17.8. The van der Waals surface area contributed by atoms with Crippen LogP contribution in [0.1, 0.15) is 38.2 Å². The number of hydrogen-bond acceptors (Lipinski definition) is 8.